The summed E-state index contributed by atoms with van der Waals surface area (Å²) in [5.41, 5.74) is -2.14. The van der Waals surface area contributed by atoms with Gasteiger partial charge in [-0.2, -0.15) is 0 Å². The zero-order chi connectivity index (χ0) is 29.7. The molecular weight excluding hydrogens is 512 g/mol. The first kappa shape index (κ1) is 30.6. The van der Waals surface area contributed by atoms with Gasteiger partial charge in [-0.1, -0.05) is 149 Å². The fourth-order valence-electron chi connectivity index (χ4n) is 6.47. The Morgan fingerprint density at radius 2 is 0.707 bits per heavy atom. The minimum absolute atomic E-state index is 0.600. The Labute approximate surface area is 243 Å². The van der Waals surface area contributed by atoms with Gasteiger partial charge in [0.2, 0.25) is 0 Å². The maximum absolute atomic E-state index is 12.0. The molecule has 0 aromatic heterocycles. The summed E-state index contributed by atoms with van der Waals surface area (Å²) < 4.78 is 7.52. The number of aliphatic hydroxyl groups excluding tert-OH is 4. The average Bonchev–Trinajstić information content (AvgIpc) is 3.02. The van der Waals surface area contributed by atoms with Gasteiger partial charge in [-0.25, -0.2) is 0 Å². The summed E-state index contributed by atoms with van der Waals surface area (Å²) in [5, 5.41) is 45.4. The van der Waals surface area contributed by atoms with Crippen LogP contribution in [0.5, 0.6) is 0 Å². The second kappa shape index (κ2) is 12.3. The van der Waals surface area contributed by atoms with Gasteiger partial charge in [0.1, 0.15) is 23.4 Å². The van der Waals surface area contributed by atoms with Gasteiger partial charge in [-0.15, -0.1) is 0 Å². The van der Waals surface area contributed by atoms with Crippen LogP contribution in [0.4, 0.5) is 0 Å². The zero-order valence-electron chi connectivity index (χ0n) is 24.3. The molecule has 4 aromatic rings. The summed E-state index contributed by atoms with van der Waals surface area (Å²) >= 11 is 0. The molecule has 216 valence electrons. The molecule has 5 heteroatoms. The number of hydrogen-bond donors (Lipinski definition) is 4. The molecule has 4 N–H and O–H groups in total. The minimum Gasteiger partial charge on any atom is -0.394 e. The smallest absolute Gasteiger partial charge is 0.132 e. The average molecular weight is 555 g/mol. The minimum atomic E-state index is -1.61. The molecule has 0 aliphatic carbocycles. The maximum atomic E-state index is 12.0. The van der Waals surface area contributed by atoms with E-state index in [1.807, 2.05) is 149 Å². The molecule has 0 aliphatic heterocycles. The van der Waals surface area contributed by atoms with Crippen LogP contribution in [-0.2, 0) is 26.8 Å². The van der Waals surface area contributed by atoms with E-state index in [-0.39, 0.29) is 0 Å². The summed E-state index contributed by atoms with van der Waals surface area (Å²) in [6, 6.07) is 38.2. The normalized spacial score (nSPS) is 16.8. The lowest BCUT2D eigenvalue weighted by molar-refractivity contribution is -0.296. The molecule has 0 amide bonds. The molecule has 4 unspecified atom stereocenters. The Morgan fingerprint density at radius 1 is 0.463 bits per heavy atom. The summed E-state index contributed by atoms with van der Waals surface area (Å²) in [6.45, 7) is 6.71. The van der Waals surface area contributed by atoms with E-state index in [9.17, 15) is 20.4 Å². The van der Waals surface area contributed by atoms with E-state index in [0.29, 0.717) is 11.1 Å². The molecule has 4 aromatic carbocycles. The quantitative estimate of drug-likeness (QED) is 0.187. The van der Waals surface area contributed by atoms with Crippen LogP contribution < -0.4 is 0 Å². The largest absolute Gasteiger partial charge is 0.394 e. The highest BCUT2D eigenvalue weighted by molar-refractivity contribution is 5.41. The fourth-order valence-corrected chi connectivity index (χ4v) is 6.47. The van der Waals surface area contributed by atoms with Crippen molar-refractivity contribution in [3.63, 3.8) is 0 Å². The topological polar surface area (TPSA) is 90.2 Å². The predicted molar refractivity (Wildman–Crippen MR) is 162 cm³/mol. The molecule has 4 atom stereocenters. The van der Waals surface area contributed by atoms with Gasteiger partial charge in [0, 0.05) is 10.8 Å². The van der Waals surface area contributed by atoms with Crippen LogP contribution in [-0.4, -0.2) is 45.8 Å². The van der Waals surface area contributed by atoms with E-state index in [4.69, 9.17) is 4.74 Å². The Kier molecular flexibility index (Phi) is 9.17. The van der Waals surface area contributed by atoms with Gasteiger partial charge in [-0.05, 0) is 22.3 Å². The van der Waals surface area contributed by atoms with E-state index in [1.165, 1.54) is 0 Å². The van der Waals surface area contributed by atoms with Crippen LogP contribution in [0.15, 0.2) is 121 Å². The summed E-state index contributed by atoms with van der Waals surface area (Å²) in [5.74, 6) is 0. The number of aliphatic hydroxyl groups is 4. The molecule has 41 heavy (non-hydrogen) atoms. The first-order valence-electron chi connectivity index (χ1n) is 14.1. The monoisotopic (exact) mass is 554 g/mol. The van der Waals surface area contributed by atoms with Crippen LogP contribution >= 0.6 is 0 Å². The van der Waals surface area contributed by atoms with Gasteiger partial charge in [0.25, 0.3) is 0 Å². The van der Waals surface area contributed by atoms with Gasteiger partial charge in [0.05, 0.1) is 13.2 Å². The van der Waals surface area contributed by atoms with Crippen LogP contribution in [0.25, 0.3) is 0 Å². The standard InChI is InChI=1S/C36H42O5/c1-33(2,27-17-9-5-10-18-27)35(31(39)25-37,29-21-13-7-14-22-29)41-36(32(40)26-38,30-23-15-8-16-24-30)34(3,4)28-19-11-6-12-20-28/h5-24,31-32,37-40H,25-26H2,1-4H3. The second-order valence-corrected chi connectivity index (χ2v) is 11.7. The number of hydrogen-bond acceptors (Lipinski definition) is 5. The van der Waals surface area contributed by atoms with E-state index in [1.54, 1.807) is 0 Å². The Morgan fingerprint density at radius 3 is 0.951 bits per heavy atom. The lowest BCUT2D eigenvalue weighted by atomic mass is 9.60. The molecule has 5 nitrogen and oxygen atoms in total. The summed E-state index contributed by atoms with van der Waals surface area (Å²) in [6.07, 6.45) is -2.83. The molecule has 0 bridgehead atoms. The summed E-state index contributed by atoms with van der Waals surface area (Å²) in [4.78, 5) is 0. The third kappa shape index (κ3) is 5.14. The Balaban J connectivity index is 2.17. The maximum Gasteiger partial charge on any atom is 0.132 e. The lowest BCUT2D eigenvalue weighted by Crippen LogP contribution is -2.66. The van der Waals surface area contributed by atoms with Crippen molar-refractivity contribution in [1.29, 1.82) is 0 Å². The zero-order valence-corrected chi connectivity index (χ0v) is 24.3. The Bertz CT molecular complexity index is 1250. The first-order valence-corrected chi connectivity index (χ1v) is 14.1. The van der Waals surface area contributed by atoms with Crippen molar-refractivity contribution in [3.8, 4) is 0 Å². The van der Waals surface area contributed by atoms with E-state index >= 15 is 0 Å². The molecule has 0 saturated carbocycles. The highest BCUT2D eigenvalue weighted by atomic mass is 16.6. The molecule has 0 radical (unpaired) electrons. The van der Waals surface area contributed by atoms with E-state index < -0.39 is 47.5 Å². The fraction of sp³-hybridized carbons (Fsp3) is 0.333. The number of ether oxygens (including phenoxy) is 1. The van der Waals surface area contributed by atoms with E-state index in [0.717, 1.165) is 11.1 Å². The van der Waals surface area contributed by atoms with Crippen molar-refractivity contribution < 1.29 is 25.2 Å². The predicted octanol–water partition coefficient (Wildman–Crippen LogP) is 5.46. The van der Waals surface area contributed by atoms with E-state index in [2.05, 4.69) is 0 Å². The van der Waals surface area contributed by atoms with Crippen LogP contribution in [0.1, 0.15) is 49.9 Å². The first-order chi connectivity index (χ1) is 19.6. The van der Waals surface area contributed by atoms with Crippen molar-refractivity contribution in [2.24, 2.45) is 0 Å². The molecule has 0 spiro atoms. The van der Waals surface area contributed by atoms with Gasteiger partial charge >= 0.3 is 0 Å². The highest BCUT2D eigenvalue weighted by Gasteiger charge is 2.63. The molecule has 0 saturated heterocycles. The second-order valence-electron chi connectivity index (χ2n) is 11.7. The van der Waals surface area contributed by atoms with Gasteiger partial charge in [-0.3, -0.25) is 0 Å². The lowest BCUT2D eigenvalue weighted by Gasteiger charge is -2.59. The van der Waals surface area contributed by atoms with Crippen molar-refractivity contribution in [2.75, 3.05) is 13.2 Å². The van der Waals surface area contributed by atoms with Crippen LogP contribution in [0, 0.1) is 0 Å². The van der Waals surface area contributed by atoms with Crippen molar-refractivity contribution in [2.45, 2.75) is 61.9 Å². The molecule has 0 aliphatic rings. The number of benzene rings is 4. The molecule has 0 fully saturated rings. The van der Waals surface area contributed by atoms with Crippen LogP contribution in [0.3, 0.4) is 0 Å². The number of rotatable bonds is 12. The highest BCUT2D eigenvalue weighted by Crippen LogP contribution is 2.57. The van der Waals surface area contributed by atoms with Crippen LogP contribution in [0.2, 0.25) is 0 Å². The third-order valence-corrected chi connectivity index (χ3v) is 8.86. The van der Waals surface area contributed by atoms with Gasteiger partial charge < -0.3 is 25.2 Å². The molecule has 0 heterocycles. The van der Waals surface area contributed by atoms with Crippen molar-refractivity contribution in [3.05, 3.63) is 144 Å². The van der Waals surface area contributed by atoms with Gasteiger partial charge in [0.15, 0.2) is 0 Å². The Hall–Kier alpha value is -3.32. The summed E-state index contributed by atoms with van der Waals surface area (Å²) in [7, 11) is 0. The molecular formula is C36H42O5. The van der Waals surface area contributed by atoms with Crippen molar-refractivity contribution in [1.82, 2.24) is 0 Å². The van der Waals surface area contributed by atoms with Crippen molar-refractivity contribution >= 4 is 0 Å². The molecule has 4 rings (SSSR count). The SMILES string of the molecule is CC(C)(c1ccccc1)C(OC(c1ccccc1)(C(O)CO)C(C)(C)c1ccccc1)(c1ccccc1)C(O)CO. The third-order valence-electron chi connectivity index (χ3n) is 8.86.